The Morgan fingerprint density at radius 3 is 2.72 bits per heavy atom. The van der Waals surface area contributed by atoms with Gasteiger partial charge in [0, 0.05) is 29.4 Å². The molecule has 0 N–H and O–H groups in total. The normalized spacial score (nSPS) is 19.6. The van der Waals surface area contributed by atoms with Gasteiger partial charge in [0.2, 0.25) is 0 Å². The van der Waals surface area contributed by atoms with Gasteiger partial charge in [-0.2, -0.15) is 0 Å². The van der Waals surface area contributed by atoms with Crippen molar-refractivity contribution >= 4 is 38.7 Å². The number of nitrogens with zero attached hydrogens (tertiary/aromatic N) is 1. The molecule has 0 unspecified atom stereocenters. The van der Waals surface area contributed by atoms with E-state index < -0.39 is 9.84 Å². The second kappa shape index (κ2) is 5.68. The van der Waals surface area contributed by atoms with E-state index in [9.17, 15) is 8.42 Å². The largest absolute Gasteiger partial charge is 0.370 e. The average Bonchev–Trinajstić information content (AvgIpc) is 2.50. The quantitative estimate of drug-likeness (QED) is 0.788. The molecule has 0 spiro atoms. The molecule has 0 atom stereocenters. The number of alkyl halides is 1. The van der Waals surface area contributed by atoms with Crippen LogP contribution < -0.4 is 4.90 Å². The number of anilines is 1. The van der Waals surface area contributed by atoms with Gasteiger partial charge in [-0.15, -0.1) is 11.6 Å². The van der Waals surface area contributed by atoms with Crippen LogP contribution in [0.1, 0.15) is 12.0 Å². The average molecular weight is 308 g/mol. The van der Waals surface area contributed by atoms with E-state index >= 15 is 0 Å². The van der Waals surface area contributed by atoms with Crippen LogP contribution in [0.25, 0.3) is 0 Å². The molecule has 100 valence electrons. The molecular formula is C12H15Cl2NO2S. The minimum atomic E-state index is -2.90. The van der Waals surface area contributed by atoms with Crippen LogP contribution in [0, 0.1) is 0 Å². The Hall–Kier alpha value is -0.450. The zero-order valence-corrected chi connectivity index (χ0v) is 12.2. The maximum absolute atomic E-state index is 11.6. The number of halogens is 2. The molecule has 6 heteroatoms. The standard InChI is InChI=1S/C12H15Cl2NO2S/c13-9-10-11(14)3-1-4-12(10)15-5-2-7-18(16,17)8-6-15/h1,3-4H,2,5-9H2. The van der Waals surface area contributed by atoms with Crippen LogP contribution in [0.5, 0.6) is 0 Å². The van der Waals surface area contributed by atoms with Gasteiger partial charge in [-0.25, -0.2) is 8.42 Å². The maximum Gasteiger partial charge on any atom is 0.152 e. The first-order valence-electron chi connectivity index (χ1n) is 5.82. The zero-order valence-electron chi connectivity index (χ0n) is 9.90. The van der Waals surface area contributed by atoms with Gasteiger partial charge in [0.15, 0.2) is 9.84 Å². The molecule has 0 saturated carbocycles. The van der Waals surface area contributed by atoms with Crippen molar-refractivity contribution in [2.24, 2.45) is 0 Å². The van der Waals surface area contributed by atoms with E-state index in [0.717, 1.165) is 17.8 Å². The van der Waals surface area contributed by atoms with Crippen molar-refractivity contribution in [3.8, 4) is 0 Å². The molecule has 0 amide bonds. The van der Waals surface area contributed by atoms with E-state index in [2.05, 4.69) is 4.90 Å². The summed E-state index contributed by atoms with van der Waals surface area (Å²) in [5.74, 6) is 0.791. The summed E-state index contributed by atoms with van der Waals surface area (Å²) in [7, 11) is -2.90. The summed E-state index contributed by atoms with van der Waals surface area (Å²) in [5, 5.41) is 0.634. The molecule has 0 radical (unpaired) electrons. The fourth-order valence-electron chi connectivity index (χ4n) is 2.16. The van der Waals surface area contributed by atoms with E-state index in [1.54, 1.807) is 6.07 Å². The van der Waals surface area contributed by atoms with Gasteiger partial charge < -0.3 is 4.90 Å². The molecule has 1 heterocycles. The smallest absolute Gasteiger partial charge is 0.152 e. The lowest BCUT2D eigenvalue weighted by atomic mass is 10.1. The van der Waals surface area contributed by atoms with Gasteiger partial charge >= 0.3 is 0 Å². The number of sulfone groups is 1. The van der Waals surface area contributed by atoms with E-state index in [0.29, 0.717) is 23.9 Å². The highest BCUT2D eigenvalue weighted by Gasteiger charge is 2.21. The van der Waals surface area contributed by atoms with Gasteiger partial charge in [-0.05, 0) is 18.6 Å². The van der Waals surface area contributed by atoms with Gasteiger partial charge in [0.05, 0.1) is 17.4 Å². The number of hydrogen-bond acceptors (Lipinski definition) is 3. The Morgan fingerprint density at radius 1 is 1.22 bits per heavy atom. The molecule has 1 aromatic carbocycles. The van der Waals surface area contributed by atoms with Crippen molar-refractivity contribution in [1.82, 2.24) is 0 Å². The Labute approximate surface area is 118 Å². The molecule has 0 aliphatic carbocycles. The molecule has 1 aromatic rings. The molecule has 1 aliphatic rings. The SMILES string of the molecule is O=S1(=O)CCCN(c2cccc(Cl)c2CCl)CC1. The van der Waals surface area contributed by atoms with Crippen LogP contribution in [0.4, 0.5) is 5.69 Å². The highest BCUT2D eigenvalue weighted by molar-refractivity contribution is 7.91. The summed E-state index contributed by atoms with van der Waals surface area (Å²) in [6.45, 7) is 1.23. The van der Waals surface area contributed by atoms with Crippen LogP contribution in [0.3, 0.4) is 0 Å². The third kappa shape index (κ3) is 3.11. The van der Waals surface area contributed by atoms with E-state index in [1.165, 1.54) is 0 Å². The zero-order chi connectivity index (χ0) is 13.2. The second-order valence-corrected chi connectivity index (χ2v) is 7.34. The van der Waals surface area contributed by atoms with E-state index in [-0.39, 0.29) is 11.5 Å². The van der Waals surface area contributed by atoms with Crippen molar-refractivity contribution in [2.75, 3.05) is 29.5 Å². The van der Waals surface area contributed by atoms with Crippen LogP contribution in [0.15, 0.2) is 18.2 Å². The molecule has 0 bridgehead atoms. The van der Waals surface area contributed by atoms with Crippen molar-refractivity contribution < 1.29 is 8.42 Å². The minimum absolute atomic E-state index is 0.196. The first-order chi connectivity index (χ1) is 8.53. The lowest BCUT2D eigenvalue weighted by Crippen LogP contribution is -2.27. The van der Waals surface area contributed by atoms with Gasteiger partial charge in [-0.1, -0.05) is 17.7 Å². The van der Waals surface area contributed by atoms with Crippen LogP contribution >= 0.6 is 23.2 Å². The maximum atomic E-state index is 11.6. The summed E-state index contributed by atoms with van der Waals surface area (Å²) in [6.07, 6.45) is 0.649. The van der Waals surface area contributed by atoms with Crippen molar-refractivity contribution in [3.63, 3.8) is 0 Å². The fraction of sp³-hybridized carbons (Fsp3) is 0.500. The lowest BCUT2D eigenvalue weighted by molar-refractivity contribution is 0.597. The highest BCUT2D eigenvalue weighted by atomic mass is 35.5. The van der Waals surface area contributed by atoms with Gasteiger partial charge in [0.25, 0.3) is 0 Å². The second-order valence-electron chi connectivity index (χ2n) is 4.36. The third-order valence-electron chi connectivity index (χ3n) is 3.12. The molecular weight excluding hydrogens is 293 g/mol. The van der Waals surface area contributed by atoms with E-state index in [1.807, 2.05) is 12.1 Å². The first kappa shape index (κ1) is 14.0. The highest BCUT2D eigenvalue weighted by Crippen LogP contribution is 2.29. The summed E-state index contributed by atoms with van der Waals surface area (Å²) in [4.78, 5) is 2.06. The molecule has 0 aromatic heterocycles. The Bertz CT molecular complexity index is 531. The Kier molecular flexibility index (Phi) is 4.41. The molecule has 1 fully saturated rings. The summed E-state index contributed by atoms with van der Waals surface area (Å²) < 4.78 is 23.2. The van der Waals surface area contributed by atoms with Crippen LogP contribution in [0.2, 0.25) is 5.02 Å². The predicted molar refractivity (Wildman–Crippen MR) is 76.5 cm³/mol. The van der Waals surface area contributed by atoms with Crippen molar-refractivity contribution in [1.29, 1.82) is 0 Å². The van der Waals surface area contributed by atoms with Gasteiger partial charge in [0.1, 0.15) is 0 Å². The molecule has 18 heavy (non-hydrogen) atoms. The molecule has 1 aliphatic heterocycles. The number of rotatable bonds is 2. The van der Waals surface area contributed by atoms with Crippen LogP contribution in [-0.4, -0.2) is 33.0 Å². The monoisotopic (exact) mass is 307 g/mol. The topological polar surface area (TPSA) is 37.4 Å². The molecule has 3 nitrogen and oxygen atoms in total. The number of hydrogen-bond donors (Lipinski definition) is 0. The number of benzene rings is 1. The van der Waals surface area contributed by atoms with Crippen molar-refractivity contribution in [3.05, 3.63) is 28.8 Å². The summed E-state index contributed by atoms with van der Waals surface area (Å²) >= 11 is 12.0. The van der Waals surface area contributed by atoms with Crippen molar-refractivity contribution in [2.45, 2.75) is 12.3 Å². The Balaban J connectivity index is 2.29. The fourth-order valence-corrected chi connectivity index (χ4v) is 4.01. The van der Waals surface area contributed by atoms with E-state index in [4.69, 9.17) is 23.2 Å². The summed E-state index contributed by atoms with van der Waals surface area (Å²) in [6, 6.07) is 5.62. The minimum Gasteiger partial charge on any atom is -0.370 e. The summed E-state index contributed by atoms with van der Waals surface area (Å²) in [5.41, 5.74) is 1.83. The molecule has 1 saturated heterocycles. The van der Waals surface area contributed by atoms with Gasteiger partial charge in [-0.3, -0.25) is 0 Å². The predicted octanol–water partition coefficient (Wildman–Crippen LogP) is 2.70. The molecule has 2 rings (SSSR count). The lowest BCUT2D eigenvalue weighted by Gasteiger charge is -2.25. The third-order valence-corrected chi connectivity index (χ3v) is 5.46. The van der Waals surface area contributed by atoms with Crippen LogP contribution in [-0.2, 0) is 15.7 Å². The first-order valence-corrected chi connectivity index (χ1v) is 8.55. The Morgan fingerprint density at radius 2 is 2.00 bits per heavy atom.